The van der Waals surface area contributed by atoms with Crippen molar-refractivity contribution in [1.29, 1.82) is 0 Å². The maximum Gasteiger partial charge on any atom is 0.249 e. The number of aromatic nitrogens is 1. The van der Waals surface area contributed by atoms with Crippen LogP contribution in [0.3, 0.4) is 0 Å². The molecular weight excluding hydrogens is 404 g/mol. The van der Waals surface area contributed by atoms with E-state index in [-0.39, 0.29) is 5.91 Å². The fourth-order valence-corrected chi connectivity index (χ4v) is 2.53. The van der Waals surface area contributed by atoms with Crippen LogP contribution in [0.25, 0.3) is 17.4 Å². The molecule has 0 fully saturated rings. The lowest BCUT2D eigenvalue weighted by Crippen LogP contribution is -2.08. The van der Waals surface area contributed by atoms with Crippen molar-refractivity contribution < 1.29 is 9.21 Å². The first-order valence-electron chi connectivity index (χ1n) is 7.48. The number of hydrogen-bond donors (Lipinski definition) is 1. The lowest BCUT2D eigenvalue weighted by Gasteiger charge is -2.01. The fraction of sp³-hybridized carbons (Fsp3) is 0.0526. The number of halogens is 2. The van der Waals surface area contributed by atoms with Gasteiger partial charge < -0.3 is 9.73 Å². The van der Waals surface area contributed by atoms with E-state index in [1.807, 2.05) is 31.2 Å². The topological polar surface area (TPSA) is 55.1 Å². The lowest BCUT2D eigenvalue weighted by atomic mass is 10.1. The first-order chi connectivity index (χ1) is 12.0. The molecule has 0 saturated carbocycles. The predicted molar refractivity (Wildman–Crippen MR) is 103 cm³/mol. The van der Waals surface area contributed by atoms with E-state index in [2.05, 4.69) is 26.2 Å². The van der Waals surface area contributed by atoms with Gasteiger partial charge in [-0.3, -0.25) is 4.79 Å². The van der Waals surface area contributed by atoms with Crippen LogP contribution in [0.4, 0.5) is 5.82 Å². The number of hydrogen-bond acceptors (Lipinski definition) is 3. The molecule has 1 N–H and O–H groups in total. The van der Waals surface area contributed by atoms with Gasteiger partial charge in [0.2, 0.25) is 5.91 Å². The first kappa shape index (κ1) is 17.5. The highest BCUT2D eigenvalue weighted by Crippen LogP contribution is 2.27. The second-order valence-corrected chi connectivity index (χ2v) is 6.67. The molecule has 0 aliphatic carbocycles. The molecule has 0 aliphatic rings. The molecule has 3 aromatic rings. The monoisotopic (exact) mass is 416 g/mol. The van der Waals surface area contributed by atoms with Crippen LogP contribution in [-0.4, -0.2) is 10.9 Å². The van der Waals surface area contributed by atoms with Gasteiger partial charge in [0.1, 0.15) is 17.3 Å². The third kappa shape index (κ3) is 4.59. The van der Waals surface area contributed by atoms with Crippen molar-refractivity contribution in [1.82, 2.24) is 4.98 Å². The summed E-state index contributed by atoms with van der Waals surface area (Å²) in [5.41, 5.74) is 1.90. The Morgan fingerprint density at radius 3 is 2.80 bits per heavy atom. The van der Waals surface area contributed by atoms with Gasteiger partial charge in [-0.25, -0.2) is 4.98 Å². The number of carbonyl (C=O) groups is 1. The van der Waals surface area contributed by atoms with E-state index in [1.54, 1.807) is 30.5 Å². The predicted octanol–water partition coefficient (Wildman–Crippen LogP) is 5.72. The molecule has 1 amide bonds. The number of nitrogens with zero attached hydrogens (tertiary/aromatic N) is 1. The summed E-state index contributed by atoms with van der Waals surface area (Å²) in [5, 5.41) is 3.36. The highest BCUT2D eigenvalue weighted by atomic mass is 79.9. The van der Waals surface area contributed by atoms with E-state index in [4.69, 9.17) is 16.0 Å². The average molecular weight is 418 g/mol. The van der Waals surface area contributed by atoms with Gasteiger partial charge in [-0.1, -0.05) is 23.7 Å². The van der Waals surface area contributed by atoms with Gasteiger partial charge in [-0.2, -0.15) is 0 Å². The maximum atomic E-state index is 11.9. The molecule has 1 aromatic carbocycles. The van der Waals surface area contributed by atoms with E-state index in [1.165, 1.54) is 6.08 Å². The summed E-state index contributed by atoms with van der Waals surface area (Å²) in [6.45, 7) is 1.95. The van der Waals surface area contributed by atoms with E-state index >= 15 is 0 Å². The summed E-state index contributed by atoms with van der Waals surface area (Å²) in [5.74, 6) is 1.46. The Balaban J connectivity index is 1.67. The summed E-state index contributed by atoms with van der Waals surface area (Å²) >= 11 is 9.44. The number of pyridine rings is 1. The van der Waals surface area contributed by atoms with Crippen molar-refractivity contribution in [3.8, 4) is 11.3 Å². The van der Waals surface area contributed by atoms with Gasteiger partial charge in [0, 0.05) is 27.3 Å². The largest absolute Gasteiger partial charge is 0.457 e. The molecule has 0 atom stereocenters. The Kier molecular flexibility index (Phi) is 5.36. The third-order valence-electron chi connectivity index (χ3n) is 3.46. The van der Waals surface area contributed by atoms with Crippen LogP contribution in [0, 0.1) is 6.92 Å². The molecule has 0 aliphatic heterocycles. The molecule has 0 saturated heterocycles. The smallest absolute Gasteiger partial charge is 0.249 e. The molecule has 0 unspecified atom stereocenters. The molecular formula is C19H14BrClN2O2. The Morgan fingerprint density at radius 2 is 2.08 bits per heavy atom. The number of carbonyl (C=O) groups excluding carboxylic acids is 1. The molecule has 0 bridgehead atoms. The summed E-state index contributed by atoms with van der Waals surface area (Å²) in [7, 11) is 0. The van der Waals surface area contributed by atoms with Crippen LogP contribution in [0.1, 0.15) is 11.3 Å². The Hall–Kier alpha value is -2.37. The summed E-state index contributed by atoms with van der Waals surface area (Å²) in [4.78, 5) is 16.0. The van der Waals surface area contributed by atoms with E-state index < -0.39 is 0 Å². The van der Waals surface area contributed by atoms with Crippen LogP contribution >= 0.6 is 27.5 Å². The zero-order chi connectivity index (χ0) is 17.8. The molecule has 3 rings (SSSR count). The standard InChI is InChI=1S/C19H14BrClN2O2/c1-12-2-3-13(10-16(12)21)17-7-5-15(25-17)6-9-19(24)23-18-8-4-14(20)11-22-18/h2-11H,1H3,(H,22,23,24)/b9-6+. The van der Waals surface area contributed by atoms with Crippen molar-refractivity contribution in [3.63, 3.8) is 0 Å². The van der Waals surface area contributed by atoms with Gasteiger partial charge in [0.05, 0.1) is 0 Å². The average Bonchev–Trinajstić information content (AvgIpc) is 3.07. The number of anilines is 1. The molecule has 0 spiro atoms. The Morgan fingerprint density at radius 1 is 1.24 bits per heavy atom. The quantitative estimate of drug-likeness (QED) is 0.553. The summed E-state index contributed by atoms with van der Waals surface area (Å²) in [6.07, 6.45) is 4.62. The fourth-order valence-electron chi connectivity index (χ4n) is 2.12. The van der Waals surface area contributed by atoms with Crippen LogP contribution in [0.2, 0.25) is 5.02 Å². The number of amides is 1. The number of rotatable bonds is 4. The van der Waals surface area contributed by atoms with Crippen molar-refractivity contribution in [2.75, 3.05) is 5.32 Å². The normalized spacial score (nSPS) is 11.0. The Bertz CT molecular complexity index is 933. The van der Waals surface area contributed by atoms with Gasteiger partial charge >= 0.3 is 0 Å². The van der Waals surface area contributed by atoms with Crippen molar-refractivity contribution in [2.24, 2.45) is 0 Å². The minimum Gasteiger partial charge on any atom is -0.457 e. The van der Waals surface area contributed by atoms with E-state index in [9.17, 15) is 4.79 Å². The zero-order valence-electron chi connectivity index (χ0n) is 13.3. The minimum absolute atomic E-state index is 0.286. The van der Waals surface area contributed by atoms with Crippen LogP contribution in [0.5, 0.6) is 0 Å². The number of furan rings is 1. The second-order valence-electron chi connectivity index (χ2n) is 5.35. The van der Waals surface area contributed by atoms with Crippen LogP contribution < -0.4 is 5.32 Å². The molecule has 6 heteroatoms. The lowest BCUT2D eigenvalue weighted by molar-refractivity contribution is -0.111. The van der Waals surface area contributed by atoms with Crippen LogP contribution in [-0.2, 0) is 4.79 Å². The molecule has 126 valence electrons. The highest BCUT2D eigenvalue weighted by Gasteiger charge is 2.06. The van der Waals surface area contributed by atoms with Crippen molar-refractivity contribution >= 4 is 45.3 Å². The summed E-state index contributed by atoms with van der Waals surface area (Å²) in [6, 6.07) is 12.9. The maximum absolute atomic E-state index is 11.9. The minimum atomic E-state index is -0.286. The number of nitrogens with one attached hydrogen (secondary N) is 1. The third-order valence-corrected chi connectivity index (χ3v) is 4.34. The Labute approximate surface area is 158 Å². The zero-order valence-corrected chi connectivity index (χ0v) is 15.6. The van der Waals surface area contributed by atoms with Crippen molar-refractivity contribution in [3.05, 3.63) is 75.6 Å². The van der Waals surface area contributed by atoms with E-state index in [0.29, 0.717) is 22.4 Å². The SMILES string of the molecule is Cc1ccc(-c2ccc(/C=C/C(=O)Nc3ccc(Br)cn3)o2)cc1Cl. The molecule has 2 heterocycles. The molecule has 25 heavy (non-hydrogen) atoms. The highest BCUT2D eigenvalue weighted by molar-refractivity contribution is 9.10. The number of aryl methyl sites for hydroxylation is 1. The van der Waals surface area contributed by atoms with E-state index in [0.717, 1.165) is 15.6 Å². The first-order valence-corrected chi connectivity index (χ1v) is 8.65. The molecule has 0 radical (unpaired) electrons. The van der Waals surface area contributed by atoms with Gasteiger partial charge in [0.25, 0.3) is 0 Å². The molecule has 4 nitrogen and oxygen atoms in total. The second kappa shape index (κ2) is 7.68. The van der Waals surface area contributed by atoms with Gasteiger partial charge in [0.15, 0.2) is 0 Å². The molecule has 2 aromatic heterocycles. The van der Waals surface area contributed by atoms with Crippen molar-refractivity contribution in [2.45, 2.75) is 6.92 Å². The van der Waals surface area contributed by atoms with Crippen LogP contribution in [0.15, 0.2) is 63.6 Å². The van der Waals surface area contributed by atoms with Gasteiger partial charge in [-0.15, -0.1) is 0 Å². The van der Waals surface area contributed by atoms with Gasteiger partial charge in [-0.05, 0) is 64.8 Å². The number of benzene rings is 1. The summed E-state index contributed by atoms with van der Waals surface area (Å²) < 4.78 is 6.58.